The van der Waals surface area contributed by atoms with Crippen LogP contribution in [0.2, 0.25) is 0 Å². The Bertz CT molecular complexity index is 643. The topological polar surface area (TPSA) is 68.2 Å². The minimum absolute atomic E-state index is 0. The number of hydrogen-bond donors (Lipinski definition) is 2. The number of amides is 1. The number of rotatable bonds is 3. The van der Waals surface area contributed by atoms with Gasteiger partial charge in [-0.05, 0) is 12.1 Å². The van der Waals surface area contributed by atoms with E-state index in [1.54, 1.807) is 24.4 Å². The van der Waals surface area contributed by atoms with Gasteiger partial charge in [0, 0.05) is 13.1 Å². The van der Waals surface area contributed by atoms with Crippen molar-refractivity contribution < 1.29 is 13.9 Å². The van der Waals surface area contributed by atoms with Gasteiger partial charge < -0.3 is 15.4 Å². The van der Waals surface area contributed by atoms with Gasteiger partial charge in [-0.25, -0.2) is 9.07 Å². The maximum atomic E-state index is 13.7. The molecule has 1 amide bonds. The van der Waals surface area contributed by atoms with Gasteiger partial charge in [0.15, 0.2) is 0 Å². The van der Waals surface area contributed by atoms with Crippen LogP contribution in [-0.2, 0) is 9.53 Å². The summed E-state index contributed by atoms with van der Waals surface area (Å²) in [6.45, 7) is 1.73. The number of carbonyl (C=O) groups excluding carboxylic acids is 1. The molecule has 0 saturated carbocycles. The molecular formula is C14H16ClFN4O2. The van der Waals surface area contributed by atoms with Crippen LogP contribution in [0.1, 0.15) is 0 Å². The fourth-order valence-electron chi connectivity index (χ4n) is 2.11. The van der Waals surface area contributed by atoms with Crippen LogP contribution >= 0.6 is 12.4 Å². The minimum Gasteiger partial charge on any atom is -0.366 e. The first-order valence-corrected chi connectivity index (χ1v) is 6.67. The molecule has 1 aromatic carbocycles. The maximum Gasteiger partial charge on any atom is 0.254 e. The fourth-order valence-corrected chi connectivity index (χ4v) is 2.11. The zero-order valence-corrected chi connectivity index (χ0v) is 12.5. The lowest BCUT2D eigenvalue weighted by Crippen LogP contribution is -2.45. The quantitative estimate of drug-likeness (QED) is 0.893. The van der Waals surface area contributed by atoms with Crippen molar-refractivity contribution in [3.8, 4) is 5.69 Å². The molecule has 118 valence electrons. The molecule has 1 saturated heterocycles. The molecular weight excluding hydrogens is 311 g/mol. The average molecular weight is 327 g/mol. The second-order valence-electron chi connectivity index (χ2n) is 4.68. The van der Waals surface area contributed by atoms with E-state index in [0.717, 1.165) is 6.54 Å². The molecule has 8 heteroatoms. The van der Waals surface area contributed by atoms with Gasteiger partial charge in [0.2, 0.25) is 0 Å². The summed E-state index contributed by atoms with van der Waals surface area (Å²) in [6, 6.07) is 6.30. The predicted octanol–water partition coefficient (Wildman–Crippen LogP) is 1.36. The number of hydrogen-bond acceptors (Lipinski definition) is 4. The molecule has 2 aromatic rings. The van der Waals surface area contributed by atoms with E-state index in [-0.39, 0.29) is 24.1 Å². The van der Waals surface area contributed by atoms with Crippen molar-refractivity contribution in [1.82, 2.24) is 15.1 Å². The largest absolute Gasteiger partial charge is 0.366 e. The normalized spacial score (nSPS) is 17.6. The number of morpholine rings is 1. The van der Waals surface area contributed by atoms with Crippen molar-refractivity contribution in [1.29, 1.82) is 0 Å². The molecule has 0 bridgehead atoms. The Balaban J connectivity index is 0.00000176. The standard InChI is InChI=1S/C14H15FN4O2.ClH/c15-11-3-1-2-4-12(11)19-9-10(7-17-19)18-14(20)13-8-16-5-6-21-13;/h1-4,7,9,13,16H,5-6,8H2,(H,18,20);1H. The third-order valence-electron chi connectivity index (χ3n) is 3.17. The molecule has 1 aromatic heterocycles. The number of para-hydroxylation sites is 1. The number of nitrogens with zero attached hydrogens (tertiary/aromatic N) is 2. The Hall–Kier alpha value is -1.96. The van der Waals surface area contributed by atoms with Gasteiger partial charge in [0.25, 0.3) is 5.91 Å². The van der Waals surface area contributed by atoms with Gasteiger partial charge in [-0.2, -0.15) is 5.10 Å². The number of benzene rings is 1. The van der Waals surface area contributed by atoms with E-state index in [1.165, 1.54) is 16.9 Å². The highest BCUT2D eigenvalue weighted by molar-refractivity contribution is 5.94. The molecule has 0 radical (unpaired) electrons. The predicted molar refractivity (Wildman–Crippen MR) is 82.0 cm³/mol. The highest BCUT2D eigenvalue weighted by Gasteiger charge is 2.22. The Morgan fingerprint density at radius 2 is 2.27 bits per heavy atom. The summed E-state index contributed by atoms with van der Waals surface area (Å²) in [5.74, 6) is -0.617. The number of nitrogens with one attached hydrogen (secondary N) is 2. The van der Waals surface area contributed by atoms with Crippen LogP contribution in [0, 0.1) is 5.82 Å². The molecule has 1 aliphatic heterocycles. The molecule has 1 fully saturated rings. The summed E-state index contributed by atoms with van der Waals surface area (Å²) >= 11 is 0. The zero-order chi connectivity index (χ0) is 14.7. The number of carbonyl (C=O) groups is 1. The average Bonchev–Trinajstić information content (AvgIpc) is 2.97. The van der Waals surface area contributed by atoms with Crippen molar-refractivity contribution in [3.05, 3.63) is 42.5 Å². The van der Waals surface area contributed by atoms with Crippen LogP contribution in [0.15, 0.2) is 36.7 Å². The number of aromatic nitrogens is 2. The SMILES string of the molecule is Cl.O=C(Nc1cnn(-c2ccccc2F)c1)C1CNCCO1. The molecule has 6 nitrogen and oxygen atoms in total. The highest BCUT2D eigenvalue weighted by atomic mass is 35.5. The number of ether oxygens (including phenoxy) is 1. The van der Waals surface area contributed by atoms with Crippen molar-refractivity contribution in [3.63, 3.8) is 0 Å². The van der Waals surface area contributed by atoms with E-state index in [2.05, 4.69) is 15.7 Å². The van der Waals surface area contributed by atoms with Gasteiger partial charge in [-0.1, -0.05) is 12.1 Å². The van der Waals surface area contributed by atoms with Crippen molar-refractivity contribution in [2.45, 2.75) is 6.10 Å². The summed E-state index contributed by atoms with van der Waals surface area (Å²) < 4.78 is 20.4. The van der Waals surface area contributed by atoms with Crippen molar-refractivity contribution >= 4 is 24.0 Å². The lowest BCUT2D eigenvalue weighted by molar-refractivity contribution is -0.128. The van der Waals surface area contributed by atoms with E-state index in [9.17, 15) is 9.18 Å². The second-order valence-corrected chi connectivity index (χ2v) is 4.68. The van der Waals surface area contributed by atoms with Gasteiger partial charge in [0.1, 0.15) is 17.6 Å². The number of anilines is 1. The van der Waals surface area contributed by atoms with E-state index in [4.69, 9.17) is 4.74 Å². The van der Waals surface area contributed by atoms with Gasteiger partial charge in [-0.3, -0.25) is 4.79 Å². The van der Waals surface area contributed by atoms with E-state index >= 15 is 0 Å². The maximum absolute atomic E-state index is 13.7. The van der Waals surface area contributed by atoms with Crippen LogP contribution in [-0.4, -0.2) is 41.5 Å². The van der Waals surface area contributed by atoms with Gasteiger partial charge in [0.05, 0.1) is 24.7 Å². The van der Waals surface area contributed by atoms with E-state index in [1.807, 2.05) is 0 Å². The molecule has 1 unspecified atom stereocenters. The Kier molecular flexibility index (Phi) is 5.48. The van der Waals surface area contributed by atoms with Gasteiger partial charge in [-0.15, -0.1) is 12.4 Å². The summed E-state index contributed by atoms with van der Waals surface area (Å²) in [6.07, 6.45) is 2.52. The molecule has 1 aliphatic rings. The smallest absolute Gasteiger partial charge is 0.254 e. The second kappa shape index (κ2) is 7.35. The molecule has 0 aliphatic carbocycles. The third kappa shape index (κ3) is 3.62. The fraction of sp³-hybridized carbons (Fsp3) is 0.286. The van der Waals surface area contributed by atoms with Crippen LogP contribution in [0.4, 0.5) is 10.1 Å². The summed E-state index contributed by atoms with van der Waals surface area (Å²) in [7, 11) is 0. The first kappa shape index (κ1) is 16.4. The Morgan fingerprint density at radius 1 is 1.45 bits per heavy atom. The first-order valence-electron chi connectivity index (χ1n) is 6.67. The summed E-state index contributed by atoms with van der Waals surface area (Å²) in [5, 5.41) is 9.85. The summed E-state index contributed by atoms with van der Waals surface area (Å²) in [4.78, 5) is 12.0. The first-order chi connectivity index (χ1) is 10.2. The highest BCUT2D eigenvalue weighted by Crippen LogP contribution is 2.15. The van der Waals surface area contributed by atoms with Gasteiger partial charge >= 0.3 is 0 Å². The lowest BCUT2D eigenvalue weighted by Gasteiger charge is -2.22. The molecule has 2 N–H and O–H groups in total. The van der Waals surface area contributed by atoms with Crippen molar-refractivity contribution in [2.24, 2.45) is 0 Å². The summed E-state index contributed by atoms with van der Waals surface area (Å²) in [5.41, 5.74) is 0.825. The number of halogens is 2. The molecule has 2 heterocycles. The van der Waals surface area contributed by atoms with E-state index < -0.39 is 6.10 Å². The minimum atomic E-state index is -0.518. The molecule has 3 rings (SSSR count). The molecule has 1 atom stereocenters. The lowest BCUT2D eigenvalue weighted by atomic mass is 10.3. The van der Waals surface area contributed by atoms with Crippen LogP contribution in [0.3, 0.4) is 0 Å². The van der Waals surface area contributed by atoms with Crippen LogP contribution in [0.25, 0.3) is 5.69 Å². The Morgan fingerprint density at radius 3 is 3.00 bits per heavy atom. The monoisotopic (exact) mass is 326 g/mol. The van der Waals surface area contributed by atoms with Crippen LogP contribution in [0.5, 0.6) is 0 Å². The zero-order valence-electron chi connectivity index (χ0n) is 11.7. The third-order valence-corrected chi connectivity index (χ3v) is 3.17. The van der Waals surface area contributed by atoms with Crippen molar-refractivity contribution in [2.75, 3.05) is 25.0 Å². The van der Waals surface area contributed by atoms with E-state index in [0.29, 0.717) is 24.5 Å². The Labute approximate surface area is 133 Å². The van der Waals surface area contributed by atoms with Crippen LogP contribution < -0.4 is 10.6 Å². The molecule has 22 heavy (non-hydrogen) atoms. The molecule has 0 spiro atoms.